The van der Waals surface area contributed by atoms with E-state index >= 15 is 0 Å². The molecule has 0 unspecified atom stereocenters. The molecule has 1 aromatic carbocycles. The Bertz CT molecular complexity index is 896. The van der Waals surface area contributed by atoms with E-state index in [1.807, 2.05) is 5.43 Å². The van der Waals surface area contributed by atoms with Crippen LogP contribution in [0.3, 0.4) is 0 Å². The molecule has 0 bridgehead atoms. The van der Waals surface area contributed by atoms with Gasteiger partial charge in [-0.2, -0.15) is 18.3 Å². The lowest BCUT2D eigenvalue weighted by Gasteiger charge is -2.13. The van der Waals surface area contributed by atoms with Gasteiger partial charge in [-0.3, -0.25) is 20.7 Å². The minimum Gasteiger partial charge on any atom is -0.297 e. The summed E-state index contributed by atoms with van der Waals surface area (Å²) in [7, 11) is -3.65. The van der Waals surface area contributed by atoms with Crippen molar-refractivity contribution < 1.29 is 26.4 Å². The van der Waals surface area contributed by atoms with Crippen molar-refractivity contribution in [1.82, 2.24) is 15.6 Å². The number of aromatic nitrogens is 2. The molecule has 0 aliphatic carbocycles. The molecule has 0 aliphatic rings. The first-order chi connectivity index (χ1) is 11.6. The summed E-state index contributed by atoms with van der Waals surface area (Å²) in [6, 6.07) is 3.80. The second-order valence-corrected chi connectivity index (χ2v) is 7.46. The maximum Gasteiger partial charge on any atom is 0.433 e. The minimum absolute atomic E-state index is 0.0697. The molecule has 0 saturated carbocycles. The lowest BCUT2D eigenvalue weighted by atomic mass is 10.2. The zero-order valence-corrected chi connectivity index (χ0v) is 14.2. The standard InChI is InChI=1S/C13H12ClF3N4O3S/c1-2-25(23,24)10-4-3-7(14)5-9(10)19-21-12(22)8-6-18-20-11(8)13(15,16)17/h3-6,19H,2H2,1H3,(H,18,20)(H,21,22). The first kappa shape index (κ1) is 19.1. The highest BCUT2D eigenvalue weighted by Gasteiger charge is 2.37. The summed E-state index contributed by atoms with van der Waals surface area (Å²) in [5.41, 5.74) is 2.16. The van der Waals surface area contributed by atoms with Crippen molar-refractivity contribution in [3.63, 3.8) is 0 Å². The average Bonchev–Trinajstić information content (AvgIpc) is 3.02. The molecule has 0 radical (unpaired) electrons. The van der Waals surface area contributed by atoms with Gasteiger partial charge in [0.2, 0.25) is 0 Å². The van der Waals surface area contributed by atoms with Crippen molar-refractivity contribution in [2.75, 3.05) is 11.2 Å². The van der Waals surface area contributed by atoms with E-state index in [1.54, 1.807) is 5.10 Å². The molecule has 136 valence electrons. The molecule has 0 saturated heterocycles. The van der Waals surface area contributed by atoms with Crippen LogP contribution in [0.1, 0.15) is 23.0 Å². The number of anilines is 1. The molecule has 3 N–H and O–H groups in total. The van der Waals surface area contributed by atoms with E-state index in [1.165, 1.54) is 25.1 Å². The second-order valence-electron chi connectivity index (χ2n) is 4.78. The van der Waals surface area contributed by atoms with E-state index in [4.69, 9.17) is 11.6 Å². The van der Waals surface area contributed by atoms with Crippen LogP contribution in [0, 0.1) is 0 Å². The normalized spacial score (nSPS) is 12.0. The maximum atomic E-state index is 12.8. The van der Waals surface area contributed by atoms with Gasteiger partial charge in [0.1, 0.15) is 0 Å². The fraction of sp³-hybridized carbons (Fsp3) is 0.231. The van der Waals surface area contributed by atoms with Crippen LogP contribution in [0.4, 0.5) is 18.9 Å². The van der Waals surface area contributed by atoms with E-state index in [9.17, 15) is 26.4 Å². The third kappa shape index (κ3) is 4.23. The monoisotopic (exact) mass is 396 g/mol. The number of alkyl halides is 3. The van der Waals surface area contributed by atoms with Crippen LogP contribution in [-0.2, 0) is 16.0 Å². The van der Waals surface area contributed by atoms with Crippen molar-refractivity contribution in [2.24, 2.45) is 0 Å². The molecular weight excluding hydrogens is 385 g/mol. The van der Waals surface area contributed by atoms with Gasteiger partial charge < -0.3 is 0 Å². The zero-order valence-electron chi connectivity index (χ0n) is 12.6. The number of benzene rings is 1. The van der Waals surface area contributed by atoms with Crippen molar-refractivity contribution in [3.05, 3.63) is 40.7 Å². The number of carbonyl (C=O) groups is 1. The van der Waals surface area contributed by atoms with Gasteiger partial charge in [0.05, 0.1) is 28.1 Å². The molecule has 0 atom stereocenters. The highest BCUT2D eigenvalue weighted by atomic mass is 35.5. The predicted molar refractivity (Wildman–Crippen MR) is 83.9 cm³/mol. The summed E-state index contributed by atoms with van der Waals surface area (Å²) in [6.45, 7) is 1.42. The Hall–Kier alpha value is -2.27. The predicted octanol–water partition coefficient (Wildman–Crippen LogP) is 2.63. The number of halogens is 4. The summed E-state index contributed by atoms with van der Waals surface area (Å²) in [4.78, 5) is 11.8. The number of carbonyl (C=O) groups excluding carboxylic acids is 1. The number of nitrogens with one attached hydrogen (secondary N) is 3. The molecule has 2 rings (SSSR count). The Morgan fingerprint density at radius 1 is 1.36 bits per heavy atom. The lowest BCUT2D eigenvalue weighted by molar-refractivity contribution is -0.141. The third-order valence-corrected chi connectivity index (χ3v) is 5.16. The van der Waals surface area contributed by atoms with E-state index in [0.29, 0.717) is 6.20 Å². The van der Waals surface area contributed by atoms with Crippen LogP contribution in [0.15, 0.2) is 29.3 Å². The van der Waals surface area contributed by atoms with Gasteiger partial charge in [-0.15, -0.1) is 0 Å². The smallest absolute Gasteiger partial charge is 0.297 e. The average molecular weight is 397 g/mol. The SMILES string of the molecule is CCS(=O)(=O)c1ccc(Cl)cc1NNC(=O)c1cn[nH]c1C(F)(F)F. The molecule has 1 aromatic heterocycles. The summed E-state index contributed by atoms with van der Waals surface area (Å²) < 4.78 is 62.3. The molecular formula is C13H12ClF3N4O3S. The van der Waals surface area contributed by atoms with Gasteiger partial charge in [-0.25, -0.2) is 8.42 Å². The summed E-state index contributed by atoms with van der Waals surface area (Å²) in [5.74, 6) is -1.36. The Balaban J connectivity index is 2.27. The van der Waals surface area contributed by atoms with Crippen molar-refractivity contribution >= 4 is 33.0 Å². The molecule has 1 amide bonds. The van der Waals surface area contributed by atoms with Crippen LogP contribution >= 0.6 is 11.6 Å². The van der Waals surface area contributed by atoms with E-state index in [-0.39, 0.29) is 21.4 Å². The van der Waals surface area contributed by atoms with Crippen LogP contribution in [0.2, 0.25) is 5.02 Å². The molecule has 0 aliphatic heterocycles. The van der Waals surface area contributed by atoms with E-state index < -0.39 is 33.2 Å². The molecule has 1 heterocycles. The number of nitrogens with zero attached hydrogens (tertiary/aromatic N) is 1. The van der Waals surface area contributed by atoms with Crippen molar-refractivity contribution in [1.29, 1.82) is 0 Å². The summed E-state index contributed by atoms with van der Waals surface area (Å²) >= 11 is 5.80. The number of H-pyrrole nitrogens is 1. The quantitative estimate of drug-likeness (QED) is 0.674. The Kier molecular flexibility index (Phi) is 5.28. The van der Waals surface area contributed by atoms with Gasteiger partial charge >= 0.3 is 6.18 Å². The van der Waals surface area contributed by atoms with Gasteiger partial charge in [0.15, 0.2) is 15.5 Å². The van der Waals surface area contributed by atoms with Crippen LogP contribution in [0.25, 0.3) is 0 Å². The molecule has 7 nitrogen and oxygen atoms in total. The highest BCUT2D eigenvalue weighted by molar-refractivity contribution is 7.91. The Morgan fingerprint density at radius 2 is 2.04 bits per heavy atom. The summed E-state index contributed by atoms with van der Waals surface area (Å²) in [5, 5.41) is 5.07. The molecule has 12 heteroatoms. The van der Waals surface area contributed by atoms with E-state index in [2.05, 4.69) is 10.5 Å². The zero-order chi connectivity index (χ0) is 18.8. The largest absolute Gasteiger partial charge is 0.433 e. The molecule has 0 fully saturated rings. The number of hydrogen-bond donors (Lipinski definition) is 3. The molecule has 2 aromatic rings. The summed E-state index contributed by atoms with van der Waals surface area (Å²) in [6.07, 6.45) is -4.09. The fourth-order valence-electron chi connectivity index (χ4n) is 1.89. The second kappa shape index (κ2) is 6.92. The number of aromatic amines is 1. The maximum absolute atomic E-state index is 12.8. The number of amides is 1. The topological polar surface area (TPSA) is 104 Å². The molecule has 25 heavy (non-hydrogen) atoms. The molecule has 0 spiro atoms. The first-order valence-corrected chi connectivity index (χ1v) is 8.78. The van der Waals surface area contributed by atoms with Gasteiger partial charge in [-0.1, -0.05) is 18.5 Å². The Morgan fingerprint density at radius 3 is 2.64 bits per heavy atom. The van der Waals surface area contributed by atoms with Gasteiger partial charge in [0, 0.05) is 5.02 Å². The number of hydrogen-bond acceptors (Lipinski definition) is 5. The van der Waals surface area contributed by atoms with Gasteiger partial charge in [-0.05, 0) is 18.2 Å². The lowest BCUT2D eigenvalue weighted by Crippen LogP contribution is -2.31. The van der Waals surface area contributed by atoms with Gasteiger partial charge in [0.25, 0.3) is 5.91 Å². The van der Waals surface area contributed by atoms with E-state index in [0.717, 1.165) is 0 Å². The fourth-order valence-corrected chi connectivity index (χ4v) is 3.10. The third-order valence-electron chi connectivity index (χ3n) is 3.13. The number of sulfone groups is 1. The minimum atomic E-state index is -4.80. The first-order valence-electron chi connectivity index (χ1n) is 6.75. The van der Waals surface area contributed by atoms with Crippen molar-refractivity contribution in [3.8, 4) is 0 Å². The van der Waals surface area contributed by atoms with Crippen molar-refractivity contribution in [2.45, 2.75) is 18.0 Å². The Labute approximate surface area is 145 Å². The van der Waals surface area contributed by atoms with Crippen LogP contribution < -0.4 is 10.9 Å². The van der Waals surface area contributed by atoms with Crippen LogP contribution in [0.5, 0.6) is 0 Å². The highest BCUT2D eigenvalue weighted by Crippen LogP contribution is 2.30. The van der Waals surface area contributed by atoms with Crippen LogP contribution in [-0.4, -0.2) is 30.3 Å². The number of hydrazine groups is 1. The number of rotatable bonds is 5.